The Balaban J connectivity index is 2.24. The van der Waals surface area contributed by atoms with E-state index in [1.54, 1.807) is 17.4 Å². The van der Waals surface area contributed by atoms with Gasteiger partial charge in [-0.05, 0) is 45.9 Å². The van der Waals surface area contributed by atoms with Crippen LogP contribution in [0.5, 0.6) is 0 Å². The number of carbonyl (C=O) groups is 1. The standard InChI is InChI=1S/C12H10BrNOS/c1-8-3-2-4-10(11(8)13)12(15)14-9-5-6-16-7-9/h2-7H,1H3,(H,14,15). The van der Waals surface area contributed by atoms with E-state index in [2.05, 4.69) is 21.2 Å². The molecule has 1 aromatic heterocycles. The molecule has 0 unspecified atom stereocenters. The first-order valence-electron chi connectivity index (χ1n) is 4.77. The zero-order valence-electron chi connectivity index (χ0n) is 8.66. The van der Waals surface area contributed by atoms with E-state index in [-0.39, 0.29) is 5.91 Å². The van der Waals surface area contributed by atoms with E-state index in [4.69, 9.17) is 0 Å². The van der Waals surface area contributed by atoms with Crippen molar-refractivity contribution in [2.45, 2.75) is 6.92 Å². The lowest BCUT2D eigenvalue weighted by atomic mass is 10.1. The predicted octanol–water partition coefficient (Wildman–Crippen LogP) is 4.07. The van der Waals surface area contributed by atoms with E-state index in [1.807, 2.05) is 35.9 Å². The van der Waals surface area contributed by atoms with Crippen LogP contribution in [0.1, 0.15) is 15.9 Å². The summed E-state index contributed by atoms with van der Waals surface area (Å²) in [6.07, 6.45) is 0. The van der Waals surface area contributed by atoms with Gasteiger partial charge < -0.3 is 5.32 Å². The van der Waals surface area contributed by atoms with Crippen LogP contribution in [0.2, 0.25) is 0 Å². The number of carbonyl (C=O) groups excluding carboxylic acids is 1. The largest absolute Gasteiger partial charge is 0.321 e. The van der Waals surface area contributed by atoms with E-state index in [1.165, 1.54) is 0 Å². The second-order valence-electron chi connectivity index (χ2n) is 3.40. The van der Waals surface area contributed by atoms with Gasteiger partial charge in [-0.15, -0.1) is 0 Å². The maximum Gasteiger partial charge on any atom is 0.256 e. The number of nitrogens with one attached hydrogen (secondary N) is 1. The lowest BCUT2D eigenvalue weighted by molar-refractivity contribution is 0.102. The highest BCUT2D eigenvalue weighted by atomic mass is 79.9. The van der Waals surface area contributed by atoms with E-state index in [0.717, 1.165) is 15.7 Å². The summed E-state index contributed by atoms with van der Waals surface area (Å²) in [6.45, 7) is 1.96. The molecule has 4 heteroatoms. The number of anilines is 1. The third-order valence-electron chi connectivity index (χ3n) is 2.22. The normalized spacial score (nSPS) is 10.1. The van der Waals surface area contributed by atoms with E-state index < -0.39 is 0 Å². The third-order valence-corrected chi connectivity index (χ3v) is 3.95. The Kier molecular flexibility index (Phi) is 3.41. The third kappa shape index (κ3) is 2.33. The minimum Gasteiger partial charge on any atom is -0.321 e. The first kappa shape index (κ1) is 11.4. The molecule has 0 aliphatic heterocycles. The zero-order valence-corrected chi connectivity index (χ0v) is 11.1. The maximum atomic E-state index is 11.9. The smallest absolute Gasteiger partial charge is 0.256 e. The van der Waals surface area contributed by atoms with Crippen LogP contribution in [0.3, 0.4) is 0 Å². The summed E-state index contributed by atoms with van der Waals surface area (Å²) in [5, 5.41) is 6.68. The molecule has 0 radical (unpaired) electrons. The van der Waals surface area contributed by atoms with Gasteiger partial charge in [-0.25, -0.2) is 0 Å². The van der Waals surface area contributed by atoms with Crippen LogP contribution in [-0.2, 0) is 0 Å². The van der Waals surface area contributed by atoms with Crippen LogP contribution >= 0.6 is 27.3 Å². The second-order valence-corrected chi connectivity index (χ2v) is 4.98. The average molecular weight is 296 g/mol. The molecule has 16 heavy (non-hydrogen) atoms. The number of benzene rings is 1. The van der Waals surface area contributed by atoms with Crippen LogP contribution in [-0.4, -0.2) is 5.91 Å². The average Bonchev–Trinajstić information content (AvgIpc) is 2.74. The highest BCUT2D eigenvalue weighted by Crippen LogP contribution is 2.22. The molecule has 0 aliphatic rings. The molecule has 2 nitrogen and oxygen atoms in total. The van der Waals surface area contributed by atoms with E-state index in [0.29, 0.717) is 5.56 Å². The van der Waals surface area contributed by atoms with Gasteiger partial charge in [0.25, 0.3) is 5.91 Å². The SMILES string of the molecule is Cc1cccc(C(=O)Nc2ccsc2)c1Br. The maximum absolute atomic E-state index is 11.9. The molecule has 0 atom stereocenters. The zero-order chi connectivity index (χ0) is 11.5. The number of hydrogen-bond acceptors (Lipinski definition) is 2. The monoisotopic (exact) mass is 295 g/mol. The Morgan fingerprint density at radius 2 is 2.19 bits per heavy atom. The van der Waals surface area contributed by atoms with Crippen LogP contribution in [0.25, 0.3) is 0 Å². The summed E-state index contributed by atoms with van der Waals surface area (Å²) >= 11 is 4.98. The molecule has 1 heterocycles. The van der Waals surface area contributed by atoms with Crippen molar-refractivity contribution in [2.75, 3.05) is 5.32 Å². The number of amides is 1. The van der Waals surface area contributed by atoms with Gasteiger partial charge in [-0.2, -0.15) is 11.3 Å². The van der Waals surface area contributed by atoms with Crippen LogP contribution < -0.4 is 5.32 Å². The van der Waals surface area contributed by atoms with Crippen molar-refractivity contribution >= 4 is 38.9 Å². The topological polar surface area (TPSA) is 29.1 Å². The fraction of sp³-hybridized carbons (Fsp3) is 0.0833. The number of rotatable bonds is 2. The van der Waals surface area contributed by atoms with E-state index in [9.17, 15) is 4.79 Å². The molecule has 0 fully saturated rings. The first-order chi connectivity index (χ1) is 7.68. The predicted molar refractivity (Wildman–Crippen MR) is 71.2 cm³/mol. The number of thiophene rings is 1. The number of hydrogen-bond donors (Lipinski definition) is 1. The minimum atomic E-state index is -0.0889. The van der Waals surface area contributed by atoms with Crippen molar-refractivity contribution in [2.24, 2.45) is 0 Å². The highest BCUT2D eigenvalue weighted by molar-refractivity contribution is 9.10. The molecule has 0 spiro atoms. The Hall–Kier alpha value is -1.13. The first-order valence-corrected chi connectivity index (χ1v) is 6.51. The molecule has 0 aliphatic carbocycles. The second kappa shape index (κ2) is 4.80. The van der Waals surface area contributed by atoms with Crippen molar-refractivity contribution in [3.05, 3.63) is 50.6 Å². The fourth-order valence-electron chi connectivity index (χ4n) is 1.36. The summed E-state index contributed by atoms with van der Waals surface area (Å²) in [5.74, 6) is -0.0889. The Bertz CT molecular complexity index is 508. The van der Waals surface area contributed by atoms with E-state index >= 15 is 0 Å². The molecule has 0 saturated carbocycles. The van der Waals surface area contributed by atoms with Crippen molar-refractivity contribution in [3.63, 3.8) is 0 Å². The van der Waals surface area contributed by atoms with Gasteiger partial charge in [0.2, 0.25) is 0 Å². The van der Waals surface area contributed by atoms with Gasteiger partial charge in [-0.3, -0.25) is 4.79 Å². The molecule has 1 amide bonds. The summed E-state index contributed by atoms with van der Waals surface area (Å²) < 4.78 is 0.850. The van der Waals surface area contributed by atoms with Crippen LogP contribution in [0, 0.1) is 6.92 Å². The molecular formula is C12H10BrNOS. The summed E-state index contributed by atoms with van der Waals surface area (Å²) in [7, 11) is 0. The van der Waals surface area contributed by atoms with Gasteiger partial charge >= 0.3 is 0 Å². The van der Waals surface area contributed by atoms with Gasteiger partial charge in [-0.1, -0.05) is 12.1 Å². The molecule has 82 valence electrons. The summed E-state index contributed by atoms with van der Waals surface area (Å²) in [4.78, 5) is 11.9. The fourth-order valence-corrected chi connectivity index (χ4v) is 2.39. The Morgan fingerprint density at radius 1 is 1.38 bits per heavy atom. The van der Waals surface area contributed by atoms with Gasteiger partial charge in [0, 0.05) is 9.85 Å². The highest BCUT2D eigenvalue weighted by Gasteiger charge is 2.11. The molecule has 2 rings (SSSR count). The summed E-state index contributed by atoms with van der Waals surface area (Å²) in [5.41, 5.74) is 2.55. The van der Waals surface area contributed by atoms with Gasteiger partial charge in [0.1, 0.15) is 0 Å². The van der Waals surface area contributed by atoms with Crippen LogP contribution in [0.4, 0.5) is 5.69 Å². The van der Waals surface area contributed by atoms with Crippen molar-refractivity contribution in [1.82, 2.24) is 0 Å². The Morgan fingerprint density at radius 3 is 2.88 bits per heavy atom. The Labute approximate surface area is 106 Å². The molecule has 1 aromatic carbocycles. The minimum absolute atomic E-state index is 0.0889. The van der Waals surface area contributed by atoms with Crippen molar-refractivity contribution < 1.29 is 4.79 Å². The lowest BCUT2D eigenvalue weighted by Crippen LogP contribution is -2.12. The molecule has 1 N–H and O–H groups in total. The van der Waals surface area contributed by atoms with Gasteiger partial charge in [0.05, 0.1) is 11.3 Å². The summed E-state index contributed by atoms with van der Waals surface area (Å²) in [6, 6.07) is 7.53. The van der Waals surface area contributed by atoms with Crippen LogP contribution in [0.15, 0.2) is 39.5 Å². The molecular weight excluding hydrogens is 286 g/mol. The molecule has 2 aromatic rings. The lowest BCUT2D eigenvalue weighted by Gasteiger charge is -2.06. The number of halogens is 1. The van der Waals surface area contributed by atoms with Crippen molar-refractivity contribution in [1.29, 1.82) is 0 Å². The number of aryl methyl sites for hydroxylation is 1. The quantitative estimate of drug-likeness (QED) is 0.889. The van der Waals surface area contributed by atoms with Gasteiger partial charge in [0.15, 0.2) is 0 Å². The molecule has 0 bridgehead atoms. The van der Waals surface area contributed by atoms with Crippen molar-refractivity contribution in [3.8, 4) is 0 Å². The molecule has 0 saturated heterocycles.